The van der Waals surface area contributed by atoms with Gasteiger partial charge in [-0.1, -0.05) is 5.21 Å². The summed E-state index contributed by atoms with van der Waals surface area (Å²) in [7, 11) is 0. The Bertz CT molecular complexity index is 1320. The van der Waals surface area contributed by atoms with Gasteiger partial charge in [0.25, 0.3) is 11.5 Å². The van der Waals surface area contributed by atoms with Gasteiger partial charge in [-0.3, -0.25) is 9.59 Å². The van der Waals surface area contributed by atoms with E-state index in [0.29, 0.717) is 27.7 Å². The van der Waals surface area contributed by atoms with Crippen molar-refractivity contribution in [2.24, 2.45) is 0 Å². The number of halogens is 1. The minimum Gasteiger partial charge on any atom is -0.339 e. The number of nitrogens with zero attached hydrogens (tertiary/aromatic N) is 4. The standard InChI is InChI=1S/C23H20FN5O2/c24-17-6-9-20-16(12-17)13-19(22(30)25-20)21-14-29(27-26-21)18-7-4-15(5-8-18)23(31)28-10-2-1-3-11-28/h4-9,12-14H,1-3,10-11H2,(H,25,30). The highest BCUT2D eigenvalue weighted by Gasteiger charge is 2.18. The number of hydrogen-bond acceptors (Lipinski definition) is 4. The van der Waals surface area contributed by atoms with E-state index in [-0.39, 0.29) is 17.3 Å². The third-order valence-corrected chi connectivity index (χ3v) is 5.60. The largest absolute Gasteiger partial charge is 0.339 e. The van der Waals surface area contributed by atoms with Gasteiger partial charge in [0, 0.05) is 29.6 Å². The Kier molecular flexibility index (Phi) is 4.82. The lowest BCUT2D eigenvalue weighted by Crippen LogP contribution is -2.35. The van der Waals surface area contributed by atoms with Gasteiger partial charge in [-0.2, -0.15) is 0 Å². The number of aromatic nitrogens is 4. The second-order valence-electron chi connectivity index (χ2n) is 7.69. The number of rotatable bonds is 3. The molecule has 156 valence electrons. The number of carbonyl (C=O) groups is 1. The zero-order chi connectivity index (χ0) is 21.4. The molecule has 1 fully saturated rings. The molecular weight excluding hydrogens is 397 g/mol. The Morgan fingerprint density at radius 2 is 1.77 bits per heavy atom. The number of H-pyrrole nitrogens is 1. The van der Waals surface area contributed by atoms with E-state index in [0.717, 1.165) is 31.6 Å². The Labute approximate surface area is 177 Å². The number of piperidine rings is 1. The molecule has 2 aromatic carbocycles. The minimum atomic E-state index is -0.381. The number of benzene rings is 2. The molecule has 0 aliphatic carbocycles. The Morgan fingerprint density at radius 1 is 1.00 bits per heavy atom. The quantitative estimate of drug-likeness (QED) is 0.553. The maximum absolute atomic E-state index is 13.6. The summed E-state index contributed by atoms with van der Waals surface area (Å²) < 4.78 is 15.1. The summed E-state index contributed by atoms with van der Waals surface area (Å²) in [6, 6.07) is 12.9. The number of pyridine rings is 1. The van der Waals surface area contributed by atoms with Crippen molar-refractivity contribution in [2.45, 2.75) is 19.3 Å². The van der Waals surface area contributed by atoms with E-state index >= 15 is 0 Å². The number of likely N-dealkylation sites (tertiary alicyclic amines) is 1. The van der Waals surface area contributed by atoms with Gasteiger partial charge in [-0.25, -0.2) is 9.07 Å². The molecule has 7 nitrogen and oxygen atoms in total. The SMILES string of the molecule is O=C(c1ccc(-n2cc(-c3cc4cc(F)ccc4[nH]c3=O)nn2)cc1)N1CCCCC1. The van der Waals surface area contributed by atoms with Crippen molar-refractivity contribution in [3.63, 3.8) is 0 Å². The molecule has 31 heavy (non-hydrogen) atoms. The smallest absolute Gasteiger partial charge is 0.258 e. The normalized spacial score (nSPS) is 14.2. The summed E-state index contributed by atoms with van der Waals surface area (Å²) in [5, 5.41) is 8.79. The van der Waals surface area contributed by atoms with Gasteiger partial charge in [-0.05, 0) is 67.8 Å². The average molecular weight is 417 g/mol. The number of amides is 1. The lowest BCUT2D eigenvalue weighted by Gasteiger charge is -2.26. The van der Waals surface area contributed by atoms with Crippen molar-refractivity contribution < 1.29 is 9.18 Å². The summed E-state index contributed by atoms with van der Waals surface area (Å²) in [5.74, 6) is -0.339. The molecule has 1 N–H and O–H groups in total. The number of nitrogens with one attached hydrogen (secondary N) is 1. The van der Waals surface area contributed by atoms with Crippen LogP contribution in [0.3, 0.4) is 0 Å². The Balaban J connectivity index is 1.42. The second kappa shape index (κ2) is 7.79. The minimum absolute atomic E-state index is 0.0421. The van der Waals surface area contributed by atoms with Gasteiger partial charge in [0.05, 0.1) is 17.4 Å². The molecule has 1 aliphatic heterocycles. The average Bonchev–Trinajstić information content (AvgIpc) is 3.29. The lowest BCUT2D eigenvalue weighted by molar-refractivity contribution is 0.0724. The highest BCUT2D eigenvalue weighted by atomic mass is 19.1. The van der Waals surface area contributed by atoms with Crippen LogP contribution >= 0.6 is 0 Å². The van der Waals surface area contributed by atoms with Crippen LogP contribution in [0.2, 0.25) is 0 Å². The van der Waals surface area contributed by atoms with E-state index in [2.05, 4.69) is 15.3 Å². The van der Waals surface area contributed by atoms with Crippen LogP contribution in [0.5, 0.6) is 0 Å². The van der Waals surface area contributed by atoms with Crippen LogP contribution in [-0.2, 0) is 0 Å². The van der Waals surface area contributed by atoms with Gasteiger partial charge >= 0.3 is 0 Å². The van der Waals surface area contributed by atoms with Crippen molar-refractivity contribution in [1.29, 1.82) is 0 Å². The van der Waals surface area contributed by atoms with Crippen LogP contribution < -0.4 is 5.56 Å². The highest BCUT2D eigenvalue weighted by molar-refractivity contribution is 5.94. The van der Waals surface area contributed by atoms with E-state index in [1.165, 1.54) is 24.6 Å². The molecule has 8 heteroatoms. The summed E-state index contributed by atoms with van der Waals surface area (Å²) in [5.41, 5.74) is 2.27. The fraction of sp³-hybridized carbons (Fsp3) is 0.217. The monoisotopic (exact) mass is 417 g/mol. The Morgan fingerprint density at radius 3 is 2.55 bits per heavy atom. The maximum Gasteiger partial charge on any atom is 0.258 e. The van der Waals surface area contributed by atoms with Crippen molar-refractivity contribution in [2.75, 3.05) is 13.1 Å². The summed E-state index contributed by atoms with van der Waals surface area (Å²) in [6.45, 7) is 1.61. The van der Waals surface area contributed by atoms with Crippen molar-refractivity contribution in [1.82, 2.24) is 24.9 Å². The molecular formula is C23H20FN5O2. The van der Waals surface area contributed by atoms with Crippen LogP contribution in [0.25, 0.3) is 27.8 Å². The van der Waals surface area contributed by atoms with Gasteiger partial charge in [0.15, 0.2) is 0 Å². The molecule has 0 unspecified atom stereocenters. The first-order valence-electron chi connectivity index (χ1n) is 10.2. The van der Waals surface area contributed by atoms with Crippen LogP contribution in [0, 0.1) is 5.82 Å². The molecule has 1 amide bonds. The topological polar surface area (TPSA) is 83.9 Å². The fourth-order valence-electron chi connectivity index (χ4n) is 3.92. The third kappa shape index (κ3) is 3.72. The number of aromatic amines is 1. The zero-order valence-electron chi connectivity index (χ0n) is 16.7. The van der Waals surface area contributed by atoms with Gasteiger partial charge in [0.1, 0.15) is 11.5 Å². The van der Waals surface area contributed by atoms with E-state index in [1.807, 2.05) is 4.90 Å². The molecule has 2 aromatic heterocycles. The molecule has 1 saturated heterocycles. The van der Waals surface area contributed by atoms with E-state index in [1.54, 1.807) is 41.2 Å². The number of hydrogen-bond donors (Lipinski definition) is 1. The summed E-state index contributed by atoms with van der Waals surface area (Å²) >= 11 is 0. The molecule has 4 aromatic rings. The van der Waals surface area contributed by atoms with Crippen LogP contribution in [0.15, 0.2) is 59.5 Å². The van der Waals surface area contributed by atoms with Gasteiger partial charge in [-0.15, -0.1) is 5.10 Å². The summed E-state index contributed by atoms with van der Waals surface area (Å²) in [6.07, 6.45) is 4.90. The van der Waals surface area contributed by atoms with Crippen LogP contribution in [0.4, 0.5) is 4.39 Å². The first-order valence-corrected chi connectivity index (χ1v) is 10.2. The second-order valence-corrected chi connectivity index (χ2v) is 7.69. The first-order chi connectivity index (χ1) is 15.1. The predicted molar refractivity (Wildman–Crippen MR) is 115 cm³/mol. The maximum atomic E-state index is 13.6. The lowest BCUT2D eigenvalue weighted by atomic mass is 10.1. The molecule has 0 radical (unpaired) electrons. The van der Waals surface area contributed by atoms with Crippen molar-refractivity contribution in [3.8, 4) is 16.9 Å². The predicted octanol–water partition coefficient (Wildman–Crippen LogP) is 3.54. The zero-order valence-corrected chi connectivity index (χ0v) is 16.7. The molecule has 3 heterocycles. The highest BCUT2D eigenvalue weighted by Crippen LogP contribution is 2.20. The molecule has 0 saturated carbocycles. The van der Waals surface area contributed by atoms with E-state index < -0.39 is 0 Å². The van der Waals surface area contributed by atoms with Crippen molar-refractivity contribution in [3.05, 3.63) is 76.5 Å². The molecule has 1 aliphatic rings. The third-order valence-electron chi connectivity index (χ3n) is 5.60. The molecule has 5 rings (SSSR count). The van der Waals surface area contributed by atoms with Gasteiger partial charge in [0.2, 0.25) is 0 Å². The summed E-state index contributed by atoms with van der Waals surface area (Å²) in [4.78, 5) is 29.7. The van der Waals surface area contributed by atoms with Gasteiger partial charge < -0.3 is 9.88 Å². The van der Waals surface area contributed by atoms with Crippen LogP contribution in [0.1, 0.15) is 29.6 Å². The van der Waals surface area contributed by atoms with E-state index in [4.69, 9.17) is 0 Å². The molecule has 0 spiro atoms. The Hall–Kier alpha value is -3.81. The first kappa shape index (κ1) is 19.2. The molecule has 0 bridgehead atoms. The fourth-order valence-corrected chi connectivity index (χ4v) is 3.92. The van der Waals surface area contributed by atoms with E-state index in [9.17, 15) is 14.0 Å². The van der Waals surface area contributed by atoms with Crippen LogP contribution in [-0.4, -0.2) is 43.9 Å². The number of fused-ring (bicyclic) bond motifs is 1. The van der Waals surface area contributed by atoms with Crippen molar-refractivity contribution >= 4 is 16.8 Å². The number of carbonyl (C=O) groups excluding carboxylic acids is 1. The molecule has 0 atom stereocenters.